The van der Waals surface area contributed by atoms with Gasteiger partial charge in [0.15, 0.2) is 0 Å². The first-order valence-corrected chi connectivity index (χ1v) is 7.80. The third-order valence-corrected chi connectivity index (χ3v) is 5.37. The minimum atomic E-state index is -0.858. The summed E-state index contributed by atoms with van der Waals surface area (Å²) in [7, 11) is 0. The van der Waals surface area contributed by atoms with E-state index >= 15 is 0 Å². The largest absolute Gasteiger partial charge is 0.477 e. The Labute approximate surface area is 128 Å². The van der Waals surface area contributed by atoms with Crippen LogP contribution in [0.2, 0.25) is 0 Å². The molecule has 0 unspecified atom stereocenters. The van der Waals surface area contributed by atoms with E-state index in [1.54, 1.807) is 0 Å². The van der Waals surface area contributed by atoms with Crippen LogP contribution in [-0.4, -0.2) is 15.6 Å². The fourth-order valence-electron chi connectivity index (χ4n) is 2.41. The van der Waals surface area contributed by atoms with Crippen LogP contribution in [0.25, 0.3) is 10.9 Å². The predicted octanol–water partition coefficient (Wildman–Crippen LogP) is 4.52. The Hall–Kier alpha value is -1.59. The highest BCUT2D eigenvalue weighted by Gasteiger charge is 2.16. The topological polar surface area (TPSA) is 42.2 Å². The maximum absolute atomic E-state index is 11.2. The molecule has 2 heterocycles. The molecule has 0 aliphatic carbocycles. The number of rotatable bonds is 3. The first-order valence-electron chi connectivity index (χ1n) is 6.12. The zero-order chi connectivity index (χ0) is 14.3. The summed E-state index contributed by atoms with van der Waals surface area (Å²) in [6.07, 6.45) is 0. The predicted molar refractivity (Wildman–Crippen MR) is 84.8 cm³/mol. The van der Waals surface area contributed by atoms with Gasteiger partial charge in [-0.2, -0.15) is 0 Å². The molecule has 0 saturated heterocycles. The number of hydrogen-bond acceptors (Lipinski definition) is 2. The van der Waals surface area contributed by atoms with Crippen molar-refractivity contribution < 1.29 is 9.90 Å². The summed E-state index contributed by atoms with van der Waals surface area (Å²) >= 11 is 4.89. The van der Waals surface area contributed by atoms with Crippen LogP contribution < -0.4 is 0 Å². The van der Waals surface area contributed by atoms with E-state index in [9.17, 15) is 9.90 Å². The van der Waals surface area contributed by atoms with Crippen molar-refractivity contribution in [2.24, 2.45) is 0 Å². The molecule has 2 aromatic heterocycles. The zero-order valence-corrected chi connectivity index (χ0v) is 13.2. The molecule has 0 spiro atoms. The normalized spacial score (nSPS) is 11.1. The molecule has 3 nitrogen and oxygen atoms in total. The van der Waals surface area contributed by atoms with Gasteiger partial charge in [-0.25, -0.2) is 4.79 Å². The van der Waals surface area contributed by atoms with E-state index in [1.807, 2.05) is 30.5 Å². The average molecular weight is 350 g/mol. The van der Waals surface area contributed by atoms with Gasteiger partial charge in [0.25, 0.3) is 0 Å². The van der Waals surface area contributed by atoms with Gasteiger partial charge in [0, 0.05) is 27.6 Å². The maximum atomic E-state index is 11.2. The molecule has 5 heteroatoms. The fraction of sp³-hybridized carbons (Fsp3) is 0.133. The van der Waals surface area contributed by atoms with Crippen LogP contribution in [-0.2, 0) is 6.54 Å². The third-order valence-electron chi connectivity index (χ3n) is 3.42. The number of aromatic carboxylic acids is 1. The van der Waals surface area contributed by atoms with Crippen LogP contribution in [0.4, 0.5) is 0 Å². The van der Waals surface area contributed by atoms with Crippen molar-refractivity contribution >= 4 is 44.1 Å². The smallest absolute Gasteiger partial charge is 0.346 e. The van der Waals surface area contributed by atoms with Gasteiger partial charge in [-0.3, -0.25) is 0 Å². The van der Waals surface area contributed by atoms with E-state index in [1.165, 1.54) is 11.3 Å². The number of aromatic nitrogens is 1. The highest BCUT2D eigenvalue weighted by Crippen LogP contribution is 2.31. The number of nitrogens with zero attached hydrogens (tertiary/aromatic N) is 1. The first-order chi connectivity index (χ1) is 9.59. The Morgan fingerprint density at radius 3 is 2.85 bits per heavy atom. The first kappa shape index (κ1) is 13.4. The van der Waals surface area contributed by atoms with Gasteiger partial charge < -0.3 is 9.67 Å². The van der Waals surface area contributed by atoms with Crippen molar-refractivity contribution in [3.63, 3.8) is 0 Å². The summed E-state index contributed by atoms with van der Waals surface area (Å²) in [4.78, 5) is 11.6. The molecule has 0 saturated carbocycles. The standard InChI is InChI=1S/C15H12BrNO2S/c1-9-13(16)11-4-2-3-5-12(11)17(9)8-10-6-7-20-14(10)15(18)19/h2-7H,8H2,1H3,(H,18,19). The van der Waals surface area contributed by atoms with Crippen LogP contribution >= 0.6 is 27.3 Å². The van der Waals surface area contributed by atoms with E-state index < -0.39 is 5.97 Å². The lowest BCUT2D eigenvalue weighted by molar-refractivity contribution is 0.0701. The molecular formula is C15H12BrNO2S. The number of thiophene rings is 1. The molecule has 3 rings (SSSR count). The molecule has 3 aromatic rings. The second kappa shape index (κ2) is 5.07. The number of para-hydroxylation sites is 1. The van der Waals surface area contributed by atoms with Crippen molar-refractivity contribution in [3.8, 4) is 0 Å². The van der Waals surface area contributed by atoms with Gasteiger partial charge in [-0.15, -0.1) is 11.3 Å². The van der Waals surface area contributed by atoms with Gasteiger partial charge in [0.2, 0.25) is 0 Å². The summed E-state index contributed by atoms with van der Waals surface area (Å²) in [6, 6.07) is 10.0. The molecule has 0 radical (unpaired) electrons. The van der Waals surface area contributed by atoms with Crippen LogP contribution in [0.1, 0.15) is 20.9 Å². The van der Waals surface area contributed by atoms with Gasteiger partial charge in [-0.05, 0) is 45.9 Å². The molecular weight excluding hydrogens is 338 g/mol. The number of fused-ring (bicyclic) bond motifs is 1. The van der Waals surface area contributed by atoms with E-state index in [2.05, 4.69) is 32.6 Å². The van der Waals surface area contributed by atoms with Crippen LogP contribution in [0.15, 0.2) is 40.2 Å². The SMILES string of the molecule is Cc1c(Br)c2ccccc2n1Cc1ccsc1C(=O)O. The zero-order valence-electron chi connectivity index (χ0n) is 10.8. The van der Waals surface area contributed by atoms with Crippen molar-refractivity contribution in [1.82, 2.24) is 4.57 Å². The molecule has 20 heavy (non-hydrogen) atoms. The maximum Gasteiger partial charge on any atom is 0.346 e. The third kappa shape index (κ3) is 2.07. The minimum Gasteiger partial charge on any atom is -0.477 e. The molecule has 0 amide bonds. The fourth-order valence-corrected chi connectivity index (χ4v) is 3.71. The van der Waals surface area contributed by atoms with Gasteiger partial charge in [-0.1, -0.05) is 18.2 Å². The van der Waals surface area contributed by atoms with E-state index in [0.717, 1.165) is 26.6 Å². The number of carboxylic acid groups (broad SMARTS) is 1. The van der Waals surface area contributed by atoms with Crippen molar-refractivity contribution in [3.05, 3.63) is 56.3 Å². The molecule has 1 N–H and O–H groups in total. The molecule has 102 valence electrons. The lowest BCUT2D eigenvalue weighted by Crippen LogP contribution is -2.05. The molecule has 1 aromatic carbocycles. The highest BCUT2D eigenvalue weighted by molar-refractivity contribution is 9.10. The Kier molecular flexibility index (Phi) is 3.40. The molecule has 0 aliphatic heterocycles. The van der Waals surface area contributed by atoms with E-state index in [0.29, 0.717) is 11.4 Å². The number of benzene rings is 1. The molecule has 0 aliphatic rings. The Morgan fingerprint density at radius 1 is 1.35 bits per heavy atom. The summed E-state index contributed by atoms with van der Waals surface area (Å²) in [5.41, 5.74) is 3.06. The summed E-state index contributed by atoms with van der Waals surface area (Å²) in [6.45, 7) is 2.61. The number of hydrogen-bond donors (Lipinski definition) is 1. The lowest BCUT2D eigenvalue weighted by Gasteiger charge is -2.08. The summed E-state index contributed by atoms with van der Waals surface area (Å²) in [5, 5.41) is 12.2. The van der Waals surface area contributed by atoms with Gasteiger partial charge in [0.05, 0.1) is 0 Å². The number of carboxylic acids is 1. The summed E-state index contributed by atoms with van der Waals surface area (Å²) < 4.78 is 3.22. The second-order valence-corrected chi connectivity index (χ2v) is 6.29. The lowest BCUT2D eigenvalue weighted by atomic mass is 10.2. The number of carbonyl (C=O) groups is 1. The molecule has 0 atom stereocenters. The van der Waals surface area contributed by atoms with Crippen LogP contribution in [0.5, 0.6) is 0 Å². The molecule has 0 fully saturated rings. The Morgan fingerprint density at radius 2 is 2.10 bits per heavy atom. The monoisotopic (exact) mass is 349 g/mol. The van der Waals surface area contributed by atoms with Crippen LogP contribution in [0, 0.1) is 6.92 Å². The number of halogens is 1. The van der Waals surface area contributed by atoms with Gasteiger partial charge >= 0.3 is 5.97 Å². The van der Waals surface area contributed by atoms with Crippen molar-refractivity contribution in [1.29, 1.82) is 0 Å². The molecule has 0 bridgehead atoms. The van der Waals surface area contributed by atoms with E-state index in [4.69, 9.17) is 0 Å². The van der Waals surface area contributed by atoms with Crippen molar-refractivity contribution in [2.45, 2.75) is 13.5 Å². The highest BCUT2D eigenvalue weighted by atomic mass is 79.9. The van der Waals surface area contributed by atoms with Crippen LogP contribution in [0.3, 0.4) is 0 Å². The average Bonchev–Trinajstić information content (AvgIpc) is 2.99. The van der Waals surface area contributed by atoms with Crippen molar-refractivity contribution in [2.75, 3.05) is 0 Å². The van der Waals surface area contributed by atoms with E-state index in [-0.39, 0.29) is 0 Å². The minimum absolute atomic E-state index is 0.415. The second-order valence-electron chi connectivity index (χ2n) is 4.58. The van der Waals surface area contributed by atoms with Gasteiger partial charge in [0.1, 0.15) is 4.88 Å². The summed E-state index contributed by atoms with van der Waals surface area (Å²) in [5.74, 6) is -0.858. The Balaban J connectivity index is 2.14. The quantitative estimate of drug-likeness (QED) is 0.755. The Bertz CT molecular complexity index is 803.